The average Bonchev–Trinajstić information content (AvgIpc) is 2.63. The Morgan fingerprint density at radius 3 is 2.42 bits per heavy atom. The second kappa shape index (κ2) is 7.31. The molecule has 0 fully saturated rings. The van der Waals surface area contributed by atoms with Gasteiger partial charge in [0, 0.05) is 0 Å². The smallest absolute Gasteiger partial charge is 0.271 e. The van der Waals surface area contributed by atoms with Gasteiger partial charge in [-0.1, -0.05) is 30.3 Å². The third-order valence-corrected chi connectivity index (χ3v) is 4.10. The molecule has 24 heavy (non-hydrogen) atoms. The van der Waals surface area contributed by atoms with Gasteiger partial charge < -0.3 is 9.47 Å². The molecule has 0 spiro atoms. The van der Waals surface area contributed by atoms with E-state index in [1.54, 1.807) is 19.2 Å². The third-order valence-electron chi connectivity index (χ3n) is 3.42. The van der Waals surface area contributed by atoms with Crippen LogP contribution in [-0.2, 0) is 6.54 Å². The highest BCUT2D eigenvalue weighted by Crippen LogP contribution is 2.24. The maximum absolute atomic E-state index is 12.5. The zero-order valence-corrected chi connectivity index (χ0v) is 14.6. The van der Waals surface area contributed by atoms with Crippen molar-refractivity contribution in [2.24, 2.45) is 0 Å². The standard InChI is InChI=1S/C18H15BrN2O3/c1-23-14-9-7-13(8-10-14)11-21-12-20-17(16(19)18(21)22)24-15-5-3-2-4-6-15/h2-10,12H,11H2,1H3. The van der Waals surface area contributed by atoms with Crippen molar-refractivity contribution in [1.82, 2.24) is 9.55 Å². The summed E-state index contributed by atoms with van der Waals surface area (Å²) >= 11 is 3.28. The van der Waals surface area contributed by atoms with Gasteiger partial charge in [0.15, 0.2) is 0 Å². The lowest BCUT2D eigenvalue weighted by atomic mass is 10.2. The van der Waals surface area contributed by atoms with Gasteiger partial charge in [0.05, 0.1) is 13.7 Å². The quantitative estimate of drug-likeness (QED) is 0.667. The van der Waals surface area contributed by atoms with Gasteiger partial charge in [0.2, 0.25) is 5.88 Å². The number of rotatable bonds is 5. The molecule has 0 aliphatic rings. The summed E-state index contributed by atoms with van der Waals surface area (Å²) in [5.74, 6) is 1.65. The van der Waals surface area contributed by atoms with Crippen LogP contribution in [0.2, 0.25) is 0 Å². The topological polar surface area (TPSA) is 53.4 Å². The molecule has 3 rings (SSSR count). The van der Waals surface area contributed by atoms with Gasteiger partial charge in [-0.25, -0.2) is 4.98 Å². The second-order valence-corrected chi connectivity index (χ2v) is 5.85. The van der Waals surface area contributed by atoms with Crippen LogP contribution in [0.3, 0.4) is 0 Å². The molecule has 3 aromatic rings. The van der Waals surface area contributed by atoms with E-state index in [2.05, 4.69) is 20.9 Å². The number of aromatic nitrogens is 2. The molecule has 0 radical (unpaired) electrons. The fraction of sp³-hybridized carbons (Fsp3) is 0.111. The largest absolute Gasteiger partial charge is 0.497 e. The lowest BCUT2D eigenvalue weighted by molar-refractivity contribution is 0.414. The fourth-order valence-corrected chi connectivity index (χ4v) is 2.57. The summed E-state index contributed by atoms with van der Waals surface area (Å²) in [4.78, 5) is 16.7. The van der Waals surface area contributed by atoms with Crippen LogP contribution < -0.4 is 15.0 Å². The molecule has 5 nitrogen and oxygen atoms in total. The highest BCUT2D eigenvalue weighted by atomic mass is 79.9. The molecule has 0 N–H and O–H groups in total. The zero-order valence-electron chi connectivity index (χ0n) is 13.0. The first kappa shape index (κ1) is 16.3. The number of para-hydroxylation sites is 1. The summed E-state index contributed by atoms with van der Waals surface area (Å²) < 4.78 is 12.6. The van der Waals surface area contributed by atoms with E-state index >= 15 is 0 Å². The molecule has 0 atom stereocenters. The molecule has 0 bridgehead atoms. The van der Waals surface area contributed by atoms with Crippen LogP contribution in [0.15, 0.2) is 70.2 Å². The van der Waals surface area contributed by atoms with Crippen LogP contribution in [0, 0.1) is 0 Å². The van der Waals surface area contributed by atoms with Crippen molar-refractivity contribution in [2.75, 3.05) is 7.11 Å². The van der Waals surface area contributed by atoms with E-state index in [0.29, 0.717) is 16.8 Å². The predicted octanol–water partition coefficient (Wildman–Crippen LogP) is 3.86. The molecule has 2 aromatic carbocycles. The van der Waals surface area contributed by atoms with Gasteiger partial charge in [0.1, 0.15) is 22.3 Å². The van der Waals surface area contributed by atoms with Crippen LogP contribution >= 0.6 is 15.9 Å². The molecule has 0 saturated carbocycles. The normalized spacial score (nSPS) is 10.4. The molecule has 0 aliphatic carbocycles. The Bertz CT molecular complexity index is 877. The second-order valence-electron chi connectivity index (χ2n) is 5.06. The predicted molar refractivity (Wildman–Crippen MR) is 94.8 cm³/mol. The first-order valence-corrected chi connectivity index (χ1v) is 8.07. The van der Waals surface area contributed by atoms with Crippen molar-refractivity contribution >= 4 is 15.9 Å². The molecule has 6 heteroatoms. The van der Waals surface area contributed by atoms with Gasteiger partial charge in [0.25, 0.3) is 5.56 Å². The Balaban J connectivity index is 1.83. The van der Waals surface area contributed by atoms with Crippen LogP contribution in [0.1, 0.15) is 5.56 Å². The zero-order chi connectivity index (χ0) is 16.9. The third kappa shape index (κ3) is 3.65. The van der Waals surface area contributed by atoms with Gasteiger partial charge in [-0.2, -0.15) is 0 Å². The maximum Gasteiger partial charge on any atom is 0.271 e. The Kier molecular flexibility index (Phi) is 4.96. The maximum atomic E-state index is 12.5. The molecule has 1 heterocycles. The van der Waals surface area contributed by atoms with E-state index in [9.17, 15) is 4.79 Å². The molecule has 1 aromatic heterocycles. The van der Waals surface area contributed by atoms with E-state index in [0.717, 1.165) is 11.3 Å². The number of nitrogens with zero attached hydrogens (tertiary/aromatic N) is 2. The summed E-state index contributed by atoms with van der Waals surface area (Å²) in [6.45, 7) is 0.417. The first-order chi connectivity index (χ1) is 11.7. The van der Waals surface area contributed by atoms with Crippen molar-refractivity contribution in [3.05, 3.63) is 81.3 Å². The molecular weight excluding hydrogens is 372 g/mol. The van der Waals surface area contributed by atoms with E-state index in [4.69, 9.17) is 9.47 Å². The molecule has 0 unspecified atom stereocenters. The molecule has 0 aliphatic heterocycles. The summed E-state index contributed by atoms with van der Waals surface area (Å²) in [5.41, 5.74) is 0.773. The molecular formula is C18H15BrN2O3. The van der Waals surface area contributed by atoms with Crippen LogP contribution in [0.4, 0.5) is 0 Å². The van der Waals surface area contributed by atoms with Crippen LogP contribution in [0.25, 0.3) is 0 Å². The molecule has 0 amide bonds. The molecule has 122 valence electrons. The Morgan fingerprint density at radius 1 is 1.04 bits per heavy atom. The number of halogens is 1. The van der Waals surface area contributed by atoms with Crippen LogP contribution in [0.5, 0.6) is 17.4 Å². The SMILES string of the molecule is COc1ccc(Cn2cnc(Oc3ccccc3)c(Br)c2=O)cc1. The fourth-order valence-electron chi connectivity index (χ4n) is 2.16. The first-order valence-electron chi connectivity index (χ1n) is 7.28. The van der Waals surface area contributed by atoms with Crippen molar-refractivity contribution in [2.45, 2.75) is 6.54 Å². The Morgan fingerprint density at radius 2 is 1.75 bits per heavy atom. The van der Waals surface area contributed by atoms with Gasteiger partial charge in [-0.15, -0.1) is 0 Å². The summed E-state index contributed by atoms with van der Waals surface area (Å²) in [6.07, 6.45) is 1.48. The van der Waals surface area contributed by atoms with E-state index < -0.39 is 0 Å². The van der Waals surface area contributed by atoms with E-state index in [-0.39, 0.29) is 11.4 Å². The minimum Gasteiger partial charge on any atom is -0.497 e. The highest BCUT2D eigenvalue weighted by Gasteiger charge is 2.11. The van der Waals surface area contributed by atoms with Gasteiger partial charge in [-0.3, -0.25) is 9.36 Å². The number of methoxy groups -OCH3 is 1. The lowest BCUT2D eigenvalue weighted by Crippen LogP contribution is -2.22. The van der Waals surface area contributed by atoms with Gasteiger partial charge in [-0.05, 0) is 45.8 Å². The van der Waals surface area contributed by atoms with Crippen molar-refractivity contribution < 1.29 is 9.47 Å². The minimum atomic E-state index is -0.202. The number of hydrogen-bond acceptors (Lipinski definition) is 4. The van der Waals surface area contributed by atoms with E-state index in [1.807, 2.05) is 42.5 Å². The highest BCUT2D eigenvalue weighted by molar-refractivity contribution is 9.10. The van der Waals surface area contributed by atoms with Crippen molar-refractivity contribution in [3.8, 4) is 17.4 Å². The average molecular weight is 387 g/mol. The van der Waals surface area contributed by atoms with Crippen molar-refractivity contribution in [3.63, 3.8) is 0 Å². The van der Waals surface area contributed by atoms with E-state index in [1.165, 1.54) is 10.9 Å². The minimum absolute atomic E-state index is 0.202. The molecule has 0 saturated heterocycles. The summed E-state index contributed by atoms with van der Waals surface area (Å²) in [5, 5.41) is 0. The Labute approximate surface area is 147 Å². The summed E-state index contributed by atoms with van der Waals surface area (Å²) in [6, 6.07) is 16.7. The Hall–Kier alpha value is -2.60. The lowest BCUT2D eigenvalue weighted by Gasteiger charge is -2.10. The number of ether oxygens (including phenoxy) is 2. The monoisotopic (exact) mass is 386 g/mol. The number of hydrogen-bond donors (Lipinski definition) is 0. The number of benzene rings is 2. The van der Waals surface area contributed by atoms with Gasteiger partial charge >= 0.3 is 0 Å². The van der Waals surface area contributed by atoms with Crippen LogP contribution in [-0.4, -0.2) is 16.7 Å². The van der Waals surface area contributed by atoms with Crippen molar-refractivity contribution in [1.29, 1.82) is 0 Å². The summed E-state index contributed by atoms with van der Waals surface area (Å²) in [7, 11) is 1.62.